The number of hydrogen-bond donors (Lipinski definition) is 1. The molecular formula is C26H23FN6O4. The van der Waals surface area contributed by atoms with Gasteiger partial charge in [-0.05, 0) is 55.7 Å². The van der Waals surface area contributed by atoms with Crippen LogP contribution < -0.4 is 20.9 Å². The molecule has 1 fully saturated rings. The molecule has 1 aliphatic rings. The number of nitrogens with two attached hydrogens (primary N) is 1. The van der Waals surface area contributed by atoms with Crippen LogP contribution in [-0.4, -0.2) is 50.1 Å². The third-order valence-corrected chi connectivity index (χ3v) is 6.18. The average Bonchev–Trinajstić information content (AvgIpc) is 3.49. The van der Waals surface area contributed by atoms with E-state index in [0.29, 0.717) is 47.9 Å². The van der Waals surface area contributed by atoms with Crippen molar-refractivity contribution in [3.8, 4) is 34.8 Å². The monoisotopic (exact) mass is 502 g/mol. The van der Waals surface area contributed by atoms with E-state index in [1.807, 2.05) is 0 Å². The van der Waals surface area contributed by atoms with E-state index >= 15 is 0 Å². The lowest BCUT2D eigenvalue weighted by molar-refractivity contribution is -0.124. The van der Waals surface area contributed by atoms with Gasteiger partial charge in [-0.1, -0.05) is 5.92 Å². The number of fused-ring (bicyclic) bond motifs is 1. The van der Waals surface area contributed by atoms with Gasteiger partial charge in [0, 0.05) is 19.2 Å². The molecule has 11 heteroatoms. The Morgan fingerprint density at radius 1 is 1.16 bits per heavy atom. The van der Waals surface area contributed by atoms with Crippen LogP contribution in [0, 0.1) is 17.7 Å². The summed E-state index contributed by atoms with van der Waals surface area (Å²) in [5.74, 6) is 5.49. The maximum atomic E-state index is 13.7. The topological polar surface area (TPSA) is 118 Å². The maximum absolute atomic E-state index is 13.7. The molecule has 188 valence electrons. The van der Waals surface area contributed by atoms with E-state index < -0.39 is 5.82 Å². The van der Waals surface area contributed by atoms with Gasteiger partial charge in [-0.25, -0.2) is 19.2 Å². The maximum Gasteiger partial charge on any atom is 0.335 e. The first kappa shape index (κ1) is 23.9. The Morgan fingerprint density at radius 2 is 1.92 bits per heavy atom. The van der Waals surface area contributed by atoms with Crippen LogP contribution in [0.2, 0.25) is 0 Å². The molecule has 0 saturated carbocycles. The Morgan fingerprint density at radius 3 is 2.65 bits per heavy atom. The van der Waals surface area contributed by atoms with Gasteiger partial charge in [0.05, 0.1) is 18.8 Å². The van der Waals surface area contributed by atoms with Crippen LogP contribution in [0.4, 0.5) is 10.2 Å². The molecule has 1 amide bonds. The first-order chi connectivity index (χ1) is 17.9. The number of nitrogen functional groups attached to an aromatic ring is 1. The Balaban J connectivity index is 1.50. The standard InChI is InChI=1S/C26H23FN6O4/c1-3-4-22(34)31-12-11-17(14-31)33-25-23(24(28)29-15-30-25)32(26(33)35)16-5-7-18(8-6-16)37-19-9-10-20(27)21(13-19)36-2/h5-10,13,15,17H,11-12,14H2,1-2H3,(H2,28,29,30)/t17-/m1/s1. The van der Waals surface area contributed by atoms with Crippen LogP contribution in [0.25, 0.3) is 16.9 Å². The van der Waals surface area contributed by atoms with E-state index in [4.69, 9.17) is 15.2 Å². The molecule has 2 N–H and O–H groups in total. The Kier molecular flexibility index (Phi) is 6.23. The highest BCUT2D eigenvalue weighted by molar-refractivity contribution is 5.93. The van der Waals surface area contributed by atoms with E-state index in [0.717, 1.165) is 0 Å². The largest absolute Gasteiger partial charge is 0.494 e. The zero-order chi connectivity index (χ0) is 26.1. The number of aromatic nitrogens is 4. The van der Waals surface area contributed by atoms with Crippen LogP contribution in [-0.2, 0) is 4.79 Å². The number of hydrogen-bond acceptors (Lipinski definition) is 7. The van der Waals surface area contributed by atoms with E-state index in [9.17, 15) is 14.0 Å². The molecule has 0 unspecified atom stereocenters. The summed E-state index contributed by atoms with van der Waals surface area (Å²) in [4.78, 5) is 36.0. The molecule has 0 aliphatic carbocycles. The fourth-order valence-electron chi connectivity index (χ4n) is 4.46. The third kappa shape index (κ3) is 4.33. The van der Waals surface area contributed by atoms with Crippen LogP contribution in [0.1, 0.15) is 19.4 Å². The van der Waals surface area contributed by atoms with Gasteiger partial charge in [0.25, 0.3) is 5.91 Å². The number of nitrogens with zero attached hydrogens (tertiary/aromatic N) is 5. The van der Waals surface area contributed by atoms with Crippen molar-refractivity contribution in [2.75, 3.05) is 25.9 Å². The molecule has 0 bridgehead atoms. The highest BCUT2D eigenvalue weighted by Gasteiger charge is 2.31. The number of carbonyl (C=O) groups excluding carboxylic acids is 1. The van der Waals surface area contributed by atoms with Gasteiger partial charge in [-0.15, -0.1) is 0 Å². The van der Waals surface area contributed by atoms with Crippen molar-refractivity contribution in [3.63, 3.8) is 0 Å². The number of benzene rings is 2. The molecule has 2 aromatic heterocycles. The molecule has 37 heavy (non-hydrogen) atoms. The van der Waals surface area contributed by atoms with Crippen molar-refractivity contribution in [2.45, 2.75) is 19.4 Å². The molecule has 2 aromatic carbocycles. The first-order valence-electron chi connectivity index (χ1n) is 11.5. The van der Waals surface area contributed by atoms with Gasteiger partial charge >= 0.3 is 5.69 Å². The number of carbonyl (C=O) groups is 1. The normalized spacial score (nSPS) is 14.9. The van der Waals surface area contributed by atoms with Crippen molar-refractivity contribution < 1.29 is 18.7 Å². The lowest BCUT2D eigenvalue weighted by Gasteiger charge is -2.14. The number of amides is 1. The highest BCUT2D eigenvalue weighted by Crippen LogP contribution is 2.30. The van der Waals surface area contributed by atoms with E-state index in [-0.39, 0.29) is 29.2 Å². The smallest absolute Gasteiger partial charge is 0.335 e. The Hall–Kier alpha value is -4.85. The summed E-state index contributed by atoms with van der Waals surface area (Å²) in [6.45, 7) is 2.43. The number of anilines is 1. The van der Waals surface area contributed by atoms with Gasteiger partial charge in [-0.3, -0.25) is 13.9 Å². The molecule has 1 atom stereocenters. The van der Waals surface area contributed by atoms with Crippen LogP contribution in [0.5, 0.6) is 17.2 Å². The highest BCUT2D eigenvalue weighted by atomic mass is 19.1. The van der Waals surface area contributed by atoms with Crippen LogP contribution >= 0.6 is 0 Å². The fraction of sp³-hybridized carbons (Fsp3) is 0.231. The molecule has 0 spiro atoms. The predicted octanol–water partition coefficient (Wildman–Crippen LogP) is 2.90. The zero-order valence-corrected chi connectivity index (χ0v) is 20.1. The minimum Gasteiger partial charge on any atom is -0.494 e. The van der Waals surface area contributed by atoms with E-state index in [2.05, 4.69) is 21.8 Å². The molecule has 0 radical (unpaired) electrons. The number of methoxy groups -OCH3 is 1. The van der Waals surface area contributed by atoms with Crippen molar-refractivity contribution in [1.82, 2.24) is 24.0 Å². The summed E-state index contributed by atoms with van der Waals surface area (Å²) in [5.41, 5.74) is 7.13. The van der Waals surface area contributed by atoms with Gasteiger partial charge in [0.2, 0.25) is 0 Å². The first-order valence-corrected chi connectivity index (χ1v) is 11.5. The minimum absolute atomic E-state index is 0.0675. The summed E-state index contributed by atoms with van der Waals surface area (Å²) in [6, 6.07) is 10.7. The molecule has 4 aromatic rings. The van der Waals surface area contributed by atoms with Gasteiger partial charge < -0.3 is 20.1 Å². The van der Waals surface area contributed by atoms with Crippen molar-refractivity contribution in [3.05, 3.63) is 65.1 Å². The van der Waals surface area contributed by atoms with Crippen molar-refractivity contribution >= 4 is 22.9 Å². The second-order valence-electron chi connectivity index (χ2n) is 8.38. The van der Waals surface area contributed by atoms with E-state index in [1.54, 1.807) is 40.7 Å². The van der Waals surface area contributed by atoms with Crippen molar-refractivity contribution in [2.24, 2.45) is 0 Å². The lowest BCUT2D eigenvalue weighted by atomic mass is 10.2. The Bertz CT molecular complexity index is 1620. The lowest BCUT2D eigenvalue weighted by Crippen LogP contribution is -2.31. The number of ether oxygens (including phenoxy) is 2. The van der Waals surface area contributed by atoms with Gasteiger partial charge in [0.15, 0.2) is 23.0 Å². The predicted molar refractivity (Wildman–Crippen MR) is 134 cm³/mol. The second kappa shape index (κ2) is 9.66. The van der Waals surface area contributed by atoms with Crippen LogP contribution in [0.3, 0.4) is 0 Å². The number of halogens is 1. The molecule has 10 nitrogen and oxygen atoms in total. The second-order valence-corrected chi connectivity index (χ2v) is 8.38. The molecule has 1 aliphatic heterocycles. The van der Waals surface area contributed by atoms with Crippen LogP contribution in [0.15, 0.2) is 53.6 Å². The minimum atomic E-state index is -0.492. The average molecular weight is 503 g/mol. The number of imidazole rings is 1. The molecule has 1 saturated heterocycles. The van der Waals surface area contributed by atoms with Gasteiger partial charge in [0.1, 0.15) is 23.3 Å². The van der Waals surface area contributed by atoms with Gasteiger partial charge in [-0.2, -0.15) is 0 Å². The zero-order valence-electron chi connectivity index (χ0n) is 20.1. The van der Waals surface area contributed by atoms with E-state index in [1.165, 1.54) is 36.2 Å². The molecular weight excluding hydrogens is 479 g/mol. The SMILES string of the molecule is CC#CC(=O)N1CC[C@@H](n2c(=O)n(-c3ccc(Oc4ccc(F)c(OC)c4)cc3)c3c(N)ncnc32)C1. The summed E-state index contributed by atoms with van der Waals surface area (Å²) < 4.78 is 27.5. The third-order valence-electron chi connectivity index (χ3n) is 6.18. The number of rotatable bonds is 5. The summed E-state index contributed by atoms with van der Waals surface area (Å²) in [5, 5.41) is 0. The molecule has 3 heterocycles. The van der Waals surface area contributed by atoms with Crippen molar-refractivity contribution in [1.29, 1.82) is 0 Å². The fourth-order valence-corrected chi connectivity index (χ4v) is 4.46. The summed E-state index contributed by atoms with van der Waals surface area (Å²) in [6.07, 6.45) is 1.89. The summed E-state index contributed by atoms with van der Waals surface area (Å²) >= 11 is 0. The summed E-state index contributed by atoms with van der Waals surface area (Å²) in [7, 11) is 1.38. The number of likely N-dealkylation sites (tertiary alicyclic amines) is 1. The molecule has 5 rings (SSSR count). The quantitative estimate of drug-likeness (QED) is 0.417. The Labute approximate surface area is 211 Å².